The summed E-state index contributed by atoms with van der Waals surface area (Å²) >= 11 is 0. The topological polar surface area (TPSA) is 49.2 Å². The molecular weight excluding hydrogens is 240 g/mol. The number of aromatic nitrogens is 3. The number of piperazine rings is 1. The highest BCUT2D eigenvalue weighted by molar-refractivity contribution is 4.91. The summed E-state index contributed by atoms with van der Waals surface area (Å²) in [5, 5.41) is 11.6. The number of hydrogen-bond donors (Lipinski definition) is 1. The molecule has 1 aromatic heterocycles. The summed E-state index contributed by atoms with van der Waals surface area (Å²) in [6.45, 7) is 11.6. The lowest BCUT2D eigenvalue weighted by Crippen LogP contribution is -2.50. The van der Waals surface area contributed by atoms with E-state index in [9.17, 15) is 0 Å². The Labute approximate surface area is 115 Å². The van der Waals surface area contributed by atoms with Gasteiger partial charge in [0.05, 0.1) is 12.2 Å². The van der Waals surface area contributed by atoms with E-state index in [2.05, 4.69) is 46.3 Å². The van der Waals surface area contributed by atoms with Crippen LogP contribution in [0.1, 0.15) is 19.5 Å². The Balaban J connectivity index is 1.74. The number of nitrogens with one attached hydrogen (secondary N) is 1. The van der Waals surface area contributed by atoms with E-state index >= 15 is 0 Å². The van der Waals surface area contributed by atoms with Gasteiger partial charge in [-0.2, -0.15) is 0 Å². The molecule has 1 atom stereocenters. The Bertz CT molecular complexity index is 377. The van der Waals surface area contributed by atoms with Crippen molar-refractivity contribution in [3.63, 3.8) is 0 Å². The number of nitrogens with zero attached hydrogens (tertiary/aromatic N) is 5. The van der Waals surface area contributed by atoms with Crippen LogP contribution in [0.4, 0.5) is 0 Å². The second-order valence-electron chi connectivity index (χ2n) is 5.38. The molecule has 2 heterocycles. The van der Waals surface area contributed by atoms with Crippen LogP contribution in [0.5, 0.6) is 0 Å². The van der Waals surface area contributed by atoms with Gasteiger partial charge in [-0.05, 0) is 20.5 Å². The Hall–Kier alpha value is -0.980. The predicted octanol–water partition coefficient (Wildman–Crippen LogP) is 0.0235. The minimum Gasteiger partial charge on any atom is -0.311 e. The van der Waals surface area contributed by atoms with Gasteiger partial charge < -0.3 is 10.2 Å². The van der Waals surface area contributed by atoms with Gasteiger partial charge >= 0.3 is 0 Å². The summed E-state index contributed by atoms with van der Waals surface area (Å²) in [6.07, 6.45) is 2.04. The Kier molecular flexibility index (Phi) is 5.30. The molecular formula is C13H26N6. The fourth-order valence-electron chi connectivity index (χ4n) is 2.35. The molecule has 6 nitrogen and oxygen atoms in total. The molecule has 2 rings (SSSR count). The van der Waals surface area contributed by atoms with Crippen molar-refractivity contribution < 1.29 is 0 Å². The van der Waals surface area contributed by atoms with Gasteiger partial charge in [-0.3, -0.25) is 9.58 Å². The van der Waals surface area contributed by atoms with Gasteiger partial charge in [-0.1, -0.05) is 12.1 Å². The second kappa shape index (κ2) is 6.98. The number of rotatable bonds is 6. The maximum Gasteiger partial charge on any atom is 0.0964 e. The molecule has 0 spiro atoms. The summed E-state index contributed by atoms with van der Waals surface area (Å²) in [7, 11) is 2.20. The molecule has 1 saturated heterocycles. The first-order valence-electron chi connectivity index (χ1n) is 7.21. The van der Waals surface area contributed by atoms with Gasteiger partial charge in [0.2, 0.25) is 0 Å². The van der Waals surface area contributed by atoms with Crippen LogP contribution in [0.2, 0.25) is 0 Å². The smallest absolute Gasteiger partial charge is 0.0964 e. The molecule has 108 valence electrons. The van der Waals surface area contributed by atoms with Crippen LogP contribution in [-0.4, -0.2) is 70.6 Å². The van der Waals surface area contributed by atoms with Gasteiger partial charge in [0.1, 0.15) is 0 Å². The summed E-state index contributed by atoms with van der Waals surface area (Å²) < 4.78 is 1.95. The molecule has 0 aromatic carbocycles. The van der Waals surface area contributed by atoms with Crippen LogP contribution in [0.25, 0.3) is 0 Å². The van der Waals surface area contributed by atoms with Crippen LogP contribution in [0.3, 0.4) is 0 Å². The molecule has 0 radical (unpaired) electrons. The molecule has 1 N–H and O–H groups in total. The Morgan fingerprint density at radius 3 is 2.95 bits per heavy atom. The molecule has 0 amide bonds. The number of likely N-dealkylation sites (N-methyl/N-ethyl adjacent to an activating group) is 1. The monoisotopic (exact) mass is 266 g/mol. The molecule has 1 aliphatic rings. The minimum absolute atomic E-state index is 0.647. The Morgan fingerprint density at radius 1 is 1.37 bits per heavy atom. The first-order chi connectivity index (χ1) is 9.19. The zero-order valence-corrected chi connectivity index (χ0v) is 12.3. The van der Waals surface area contributed by atoms with Gasteiger partial charge in [0, 0.05) is 45.0 Å². The molecule has 1 unspecified atom stereocenters. The van der Waals surface area contributed by atoms with Gasteiger partial charge in [0.25, 0.3) is 0 Å². The van der Waals surface area contributed by atoms with Gasteiger partial charge in [0.15, 0.2) is 0 Å². The molecule has 1 fully saturated rings. The van der Waals surface area contributed by atoms with Crippen molar-refractivity contribution in [2.75, 3.05) is 39.8 Å². The van der Waals surface area contributed by atoms with Crippen LogP contribution >= 0.6 is 0 Å². The zero-order valence-electron chi connectivity index (χ0n) is 12.3. The summed E-state index contributed by atoms with van der Waals surface area (Å²) in [4.78, 5) is 4.93. The summed E-state index contributed by atoms with van der Waals surface area (Å²) in [5.74, 6) is 0. The van der Waals surface area contributed by atoms with Crippen molar-refractivity contribution in [2.24, 2.45) is 0 Å². The highest BCUT2D eigenvalue weighted by atomic mass is 15.4. The molecule has 0 saturated carbocycles. The maximum atomic E-state index is 4.18. The first kappa shape index (κ1) is 14.4. The molecule has 0 aliphatic carbocycles. The van der Waals surface area contributed by atoms with Crippen molar-refractivity contribution in [1.29, 1.82) is 0 Å². The first-order valence-corrected chi connectivity index (χ1v) is 7.21. The standard InChI is InChI=1S/C13H26N6/c1-4-14-9-13-11-19(16-15-13)8-7-18-6-5-17(3)12(2)10-18/h11-12,14H,4-10H2,1-3H3. The molecule has 1 aliphatic heterocycles. The van der Waals surface area contributed by atoms with E-state index in [-0.39, 0.29) is 0 Å². The highest BCUT2D eigenvalue weighted by Crippen LogP contribution is 2.06. The van der Waals surface area contributed by atoms with E-state index in [1.54, 1.807) is 0 Å². The van der Waals surface area contributed by atoms with E-state index in [0.29, 0.717) is 6.04 Å². The lowest BCUT2D eigenvalue weighted by atomic mass is 10.2. The molecule has 6 heteroatoms. The fraction of sp³-hybridized carbons (Fsp3) is 0.846. The van der Waals surface area contributed by atoms with E-state index in [0.717, 1.165) is 51.5 Å². The third-order valence-electron chi connectivity index (χ3n) is 3.83. The van der Waals surface area contributed by atoms with E-state index in [1.165, 1.54) is 0 Å². The SMILES string of the molecule is CCNCc1cn(CCN2CCN(C)C(C)C2)nn1. The molecule has 19 heavy (non-hydrogen) atoms. The predicted molar refractivity (Wildman–Crippen MR) is 75.9 cm³/mol. The van der Waals surface area contributed by atoms with Gasteiger partial charge in [-0.15, -0.1) is 5.10 Å². The van der Waals surface area contributed by atoms with Crippen molar-refractivity contribution >= 4 is 0 Å². The van der Waals surface area contributed by atoms with Crippen LogP contribution < -0.4 is 5.32 Å². The van der Waals surface area contributed by atoms with Crippen molar-refractivity contribution in [3.8, 4) is 0 Å². The quantitative estimate of drug-likeness (QED) is 0.787. The van der Waals surface area contributed by atoms with E-state index in [1.807, 2.05) is 10.9 Å². The third-order valence-corrected chi connectivity index (χ3v) is 3.83. The zero-order chi connectivity index (χ0) is 13.7. The van der Waals surface area contributed by atoms with E-state index in [4.69, 9.17) is 0 Å². The lowest BCUT2D eigenvalue weighted by Gasteiger charge is -2.37. The average Bonchev–Trinajstić information content (AvgIpc) is 2.86. The van der Waals surface area contributed by atoms with E-state index < -0.39 is 0 Å². The average molecular weight is 266 g/mol. The Morgan fingerprint density at radius 2 is 2.21 bits per heavy atom. The van der Waals surface area contributed by atoms with Crippen molar-refractivity contribution in [1.82, 2.24) is 30.1 Å². The maximum absolute atomic E-state index is 4.18. The van der Waals surface area contributed by atoms with Gasteiger partial charge in [-0.25, -0.2) is 0 Å². The highest BCUT2D eigenvalue weighted by Gasteiger charge is 2.20. The van der Waals surface area contributed by atoms with Crippen molar-refractivity contribution in [2.45, 2.75) is 33.0 Å². The third kappa shape index (κ3) is 4.26. The molecule has 0 bridgehead atoms. The summed E-state index contributed by atoms with van der Waals surface area (Å²) in [5.41, 5.74) is 1.02. The van der Waals surface area contributed by atoms with Crippen LogP contribution in [-0.2, 0) is 13.1 Å². The molecule has 1 aromatic rings. The summed E-state index contributed by atoms with van der Waals surface area (Å²) in [6, 6.07) is 0.647. The minimum atomic E-state index is 0.647. The van der Waals surface area contributed by atoms with Crippen LogP contribution in [0, 0.1) is 0 Å². The second-order valence-corrected chi connectivity index (χ2v) is 5.38. The fourth-order valence-corrected chi connectivity index (χ4v) is 2.35. The van der Waals surface area contributed by atoms with Crippen LogP contribution in [0.15, 0.2) is 6.20 Å². The largest absolute Gasteiger partial charge is 0.311 e. The lowest BCUT2D eigenvalue weighted by molar-refractivity contribution is 0.101. The normalized spacial score (nSPS) is 21.9. The van der Waals surface area contributed by atoms with Crippen molar-refractivity contribution in [3.05, 3.63) is 11.9 Å². The number of hydrogen-bond acceptors (Lipinski definition) is 5.